The van der Waals surface area contributed by atoms with Gasteiger partial charge >= 0.3 is 0 Å². The molecule has 0 atom stereocenters. The zero-order valence-corrected chi connectivity index (χ0v) is 14.3. The summed E-state index contributed by atoms with van der Waals surface area (Å²) >= 11 is 6.18. The molecule has 0 unspecified atom stereocenters. The lowest BCUT2D eigenvalue weighted by molar-refractivity contribution is 0.416. The van der Waals surface area contributed by atoms with E-state index in [0.29, 0.717) is 11.3 Å². The van der Waals surface area contributed by atoms with Crippen molar-refractivity contribution >= 4 is 37.8 Å². The second kappa shape index (κ2) is 5.36. The van der Waals surface area contributed by atoms with Gasteiger partial charge in [0.05, 0.1) is 11.4 Å². The van der Waals surface area contributed by atoms with E-state index in [1.807, 2.05) is 31.2 Å². The van der Waals surface area contributed by atoms with Crippen LogP contribution in [-0.4, -0.2) is 18.0 Å². The highest BCUT2D eigenvalue weighted by Crippen LogP contribution is 2.33. The number of furan rings is 1. The Morgan fingerprint density at radius 3 is 2.58 bits per heavy atom. The van der Waals surface area contributed by atoms with Gasteiger partial charge in [-0.2, -0.15) is 12.8 Å². The van der Waals surface area contributed by atoms with Crippen molar-refractivity contribution in [1.29, 1.82) is 0 Å². The topological polar surface area (TPSA) is 62.9 Å². The second-order valence-electron chi connectivity index (χ2n) is 5.60. The third kappa shape index (κ3) is 2.30. The molecular weight excluding hydrogens is 348 g/mol. The molecule has 0 bridgehead atoms. The molecule has 3 aromatic rings. The van der Waals surface area contributed by atoms with Crippen molar-refractivity contribution in [2.24, 2.45) is 5.10 Å². The molecule has 2 heterocycles. The molecule has 7 heteroatoms. The Bertz CT molecular complexity index is 1070. The lowest BCUT2D eigenvalue weighted by atomic mass is 10.1. The van der Waals surface area contributed by atoms with Crippen molar-refractivity contribution in [3.8, 4) is 0 Å². The highest BCUT2D eigenvalue weighted by atomic mass is 35.5. The number of hydrazone groups is 1. The Morgan fingerprint density at radius 2 is 1.83 bits per heavy atom. The second-order valence-corrected chi connectivity index (χ2v) is 7.80. The van der Waals surface area contributed by atoms with Gasteiger partial charge in [-0.3, -0.25) is 0 Å². The van der Waals surface area contributed by atoms with E-state index in [4.69, 9.17) is 16.0 Å². The Morgan fingerprint density at radius 1 is 1.12 bits per heavy atom. The molecule has 24 heavy (non-hydrogen) atoms. The zero-order chi connectivity index (χ0) is 16.9. The molecule has 0 saturated heterocycles. The maximum Gasteiger partial charge on any atom is 0.279 e. The van der Waals surface area contributed by atoms with Crippen molar-refractivity contribution in [2.75, 3.05) is 0 Å². The highest BCUT2D eigenvalue weighted by Gasteiger charge is 2.32. The maximum atomic E-state index is 12.8. The molecule has 1 aliphatic rings. The van der Waals surface area contributed by atoms with Gasteiger partial charge in [-0.05, 0) is 25.1 Å². The van der Waals surface area contributed by atoms with Gasteiger partial charge in [0, 0.05) is 10.9 Å². The number of halogens is 1. The van der Waals surface area contributed by atoms with Crippen LogP contribution in [0.25, 0.3) is 11.0 Å². The van der Waals surface area contributed by atoms with Gasteiger partial charge in [0.2, 0.25) is 0 Å². The van der Waals surface area contributed by atoms with Gasteiger partial charge in [0.25, 0.3) is 10.0 Å². The Labute approximate surface area is 144 Å². The van der Waals surface area contributed by atoms with Crippen LogP contribution in [0.5, 0.6) is 0 Å². The number of rotatable bonds is 2. The van der Waals surface area contributed by atoms with E-state index in [1.165, 1.54) is 0 Å². The van der Waals surface area contributed by atoms with Gasteiger partial charge in [-0.1, -0.05) is 47.5 Å². The molecule has 0 N–H and O–H groups in total. The molecule has 1 aromatic heterocycles. The van der Waals surface area contributed by atoms with Crippen molar-refractivity contribution in [2.45, 2.75) is 18.4 Å². The molecule has 122 valence electrons. The van der Waals surface area contributed by atoms with Crippen molar-refractivity contribution in [3.05, 3.63) is 65.4 Å². The molecule has 1 aliphatic heterocycles. The molecule has 0 spiro atoms. The van der Waals surface area contributed by atoms with Gasteiger partial charge in [0.15, 0.2) is 10.9 Å². The van der Waals surface area contributed by atoms with Gasteiger partial charge in [-0.25, -0.2) is 0 Å². The molecule has 0 aliphatic carbocycles. The molecule has 0 saturated carbocycles. The fourth-order valence-corrected chi connectivity index (χ4v) is 4.21. The first-order valence-electron chi connectivity index (χ1n) is 7.31. The van der Waals surface area contributed by atoms with Crippen LogP contribution in [-0.2, 0) is 16.6 Å². The molecule has 5 nitrogen and oxygen atoms in total. The number of benzene rings is 2. The summed E-state index contributed by atoms with van der Waals surface area (Å²) in [5, 5.41) is 4.89. The van der Waals surface area contributed by atoms with E-state index < -0.39 is 10.0 Å². The number of fused-ring (bicyclic) bond motifs is 3. The molecule has 2 aromatic carbocycles. The van der Waals surface area contributed by atoms with Crippen LogP contribution in [0.3, 0.4) is 0 Å². The average Bonchev–Trinajstić information content (AvgIpc) is 2.95. The lowest BCUT2D eigenvalue weighted by Gasteiger charge is -2.22. The SMILES string of the molecule is Cc1ccc(S(=O)(=O)N2Cc3c(oc4ccccc34)C(Cl)=N2)cc1. The Hall–Kier alpha value is -2.31. The summed E-state index contributed by atoms with van der Waals surface area (Å²) in [7, 11) is -3.78. The van der Waals surface area contributed by atoms with E-state index in [9.17, 15) is 8.42 Å². The predicted octanol–water partition coefficient (Wildman–Crippen LogP) is 3.85. The van der Waals surface area contributed by atoms with Crippen LogP contribution in [0, 0.1) is 6.92 Å². The van der Waals surface area contributed by atoms with Gasteiger partial charge in [0.1, 0.15) is 5.58 Å². The van der Waals surface area contributed by atoms with Crippen LogP contribution in [0.2, 0.25) is 0 Å². The van der Waals surface area contributed by atoms with Gasteiger partial charge < -0.3 is 4.42 Å². The Balaban J connectivity index is 1.82. The number of nitrogens with zero attached hydrogens (tertiary/aromatic N) is 2. The largest absolute Gasteiger partial charge is 0.453 e. The van der Waals surface area contributed by atoms with Crippen LogP contribution in [0.15, 0.2) is 62.9 Å². The average molecular weight is 361 g/mol. The number of hydrogen-bond donors (Lipinski definition) is 0. The summed E-state index contributed by atoms with van der Waals surface area (Å²) in [6.07, 6.45) is 0. The summed E-state index contributed by atoms with van der Waals surface area (Å²) in [4.78, 5) is 0.178. The van der Waals surface area contributed by atoms with Crippen molar-refractivity contribution in [1.82, 2.24) is 4.41 Å². The first-order valence-corrected chi connectivity index (χ1v) is 9.13. The van der Waals surface area contributed by atoms with Crippen molar-refractivity contribution in [3.63, 3.8) is 0 Å². The number of para-hydroxylation sites is 1. The highest BCUT2D eigenvalue weighted by molar-refractivity contribution is 7.89. The molecular formula is C17H13ClN2O3S. The molecule has 4 rings (SSSR count). The van der Waals surface area contributed by atoms with E-state index in [0.717, 1.165) is 20.9 Å². The van der Waals surface area contributed by atoms with Crippen LogP contribution in [0.1, 0.15) is 16.9 Å². The minimum absolute atomic E-state index is 0.0307. The smallest absolute Gasteiger partial charge is 0.279 e. The number of sulfonamides is 1. The minimum atomic E-state index is -3.78. The van der Waals surface area contributed by atoms with E-state index in [1.54, 1.807) is 24.3 Å². The van der Waals surface area contributed by atoms with Crippen LogP contribution >= 0.6 is 11.6 Å². The Kier molecular flexibility index (Phi) is 3.40. The number of aryl methyl sites for hydroxylation is 1. The van der Waals surface area contributed by atoms with E-state index in [-0.39, 0.29) is 16.6 Å². The van der Waals surface area contributed by atoms with Crippen LogP contribution < -0.4 is 0 Å². The van der Waals surface area contributed by atoms with E-state index >= 15 is 0 Å². The van der Waals surface area contributed by atoms with Crippen molar-refractivity contribution < 1.29 is 12.8 Å². The normalized spacial score (nSPS) is 14.6. The minimum Gasteiger partial charge on any atom is -0.453 e. The van der Waals surface area contributed by atoms with E-state index in [2.05, 4.69) is 5.10 Å². The van der Waals surface area contributed by atoms with Gasteiger partial charge in [-0.15, -0.1) is 5.10 Å². The lowest BCUT2D eigenvalue weighted by Crippen LogP contribution is -2.30. The predicted molar refractivity (Wildman–Crippen MR) is 92.5 cm³/mol. The quantitative estimate of drug-likeness (QED) is 0.697. The summed E-state index contributed by atoms with van der Waals surface area (Å²) in [6.45, 7) is 1.98. The third-order valence-electron chi connectivity index (χ3n) is 3.97. The summed E-state index contributed by atoms with van der Waals surface area (Å²) < 4.78 is 32.4. The molecule has 0 radical (unpaired) electrons. The summed E-state index contributed by atoms with van der Waals surface area (Å²) in [6, 6.07) is 14.1. The monoisotopic (exact) mass is 360 g/mol. The summed E-state index contributed by atoms with van der Waals surface area (Å²) in [5.74, 6) is 0.424. The standard InChI is InChI=1S/C17H13ClN2O3S/c1-11-6-8-12(9-7-11)24(21,22)20-10-14-13-4-2-3-5-15(13)23-16(14)17(18)19-20/h2-9H,10H2,1H3. The zero-order valence-electron chi connectivity index (χ0n) is 12.7. The maximum absolute atomic E-state index is 12.8. The first-order chi connectivity index (χ1) is 11.5. The number of hydrogen-bond acceptors (Lipinski definition) is 4. The fraction of sp³-hybridized carbons (Fsp3) is 0.118. The van der Waals surface area contributed by atoms with Crippen LogP contribution in [0.4, 0.5) is 0 Å². The first kappa shape index (κ1) is 15.2. The fourth-order valence-electron chi connectivity index (χ4n) is 2.71. The summed E-state index contributed by atoms with van der Waals surface area (Å²) in [5.41, 5.74) is 2.36. The molecule has 0 amide bonds. The molecule has 0 fully saturated rings. The third-order valence-corrected chi connectivity index (χ3v) is 5.86.